The second kappa shape index (κ2) is 9.38. The molecule has 0 bridgehead atoms. The van der Waals surface area contributed by atoms with Gasteiger partial charge in [-0.3, -0.25) is 9.59 Å². The summed E-state index contributed by atoms with van der Waals surface area (Å²) in [6, 6.07) is 14.9. The van der Waals surface area contributed by atoms with Crippen LogP contribution in [-0.4, -0.2) is 36.3 Å². The fraction of sp³-hybridized carbons (Fsp3) is 0.211. The van der Waals surface area contributed by atoms with E-state index in [0.29, 0.717) is 17.2 Å². The summed E-state index contributed by atoms with van der Waals surface area (Å²) in [5, 5.41) is 2.66. The first-order valence-electron chi connectivity index (χ1n) is 8.22. The zero-order chi connectivity index (χ0) is 19.1. The number of ether oxygens (including phenoxy) is 2. The highest BCUT2D eigenvalue weighted by molar-refractivity contribution is 8.01. The van der Waals surface area contributed by atoms with Crippen molar-refractivity contribution < 1.29 is 19.1 Å². The van der Waals surface area contributed by atoms with Crippen molar-refractivity contribution >= 4 is 50.9 Å². The minimum atomic E-state index is -0.418. The maximum absolute atomic E-state index is 11.9. The smallest absolute Gasteiger partial charge is 0.307 e. The zero-order valence-corrected chi connectivity index (χ0v) is 16.3. The largest absolute Gasteiger partial charge is 0.495 e. The quantitative estimate of drug-likeness (QED) is 0.454. The molecule has 2 aromatic carbocycles. The molecule has 0 aliphatic rings. The number of hydrogen-bond donors (Lipinski definition) is 1. The summed E-state index contributed by atoms with van der Waals surface area (Å²) >= 11 is 3.10. The number of thioether (sulfide) groups is 1. The van der Waals surface area contributed by atoms with E-state index >= 15 is 0 Å². The summed E-state index contributed by atoms with van der Waals surface area (Å²) in [6.07, 6.45) is 0.211. The molecule has 0 unspecified atom stereocenters. The van der Waals surface area contributed by atoms with Crippen LogP contribution in [0.3, 0.4) is 0 Å². The lowest BCUT2D eigenvalue weighted by Crippen LogP contribution is -2.21. The Morgan fingerprint density at radius 3 is 2.74 bits per heavy atom. The fourth-order valence-electron chi connectivity index (χ4n) is 2.29. The third-order valence-electron chi connectivity index (χ3n) is 3.55. The number of benzene rings is 2. The number of nitrogens with one attached hydrogen (secondary N) is 1. The molecule has 1 heterocycles. The maximum Gasteiger partial charge on any atom is 0.307 e. The van der Waals surface area contributed by atoms with Gasteiger partial charge in [0.05, 0.1) is 29.4 Å². The Balaban J connectivity index is 1.39. The van der Waals surface area contributed by atoms with Gasteiger partial charge >= 0.3 is 5.97 Å². The fourth-order valence-corrected chi connectivity index (χ4v) is 4.35. The number of aromatic nitrogens is 1. The predicted octanol–water partition coefficient (Wildman–Crippen LogP) is 3.97. The van der Waals surface area contributed by atoms with Crippen molar-refractivity contribution in [1.82, 2.24) is 4.98 Å². The second-order valence-electron chi connectivity index (χ2n) is 5.46. The average molecular weight is 402 g/mol. The summed E-state index contributed by atoms with van der Waals surface area (Å²) in [7, 11) is 1.52. The Hall–Kier alpha value is -2.58. The molecular weight excluding hydrogens is 384 g/mol. The number of amides is 1. The highest BCUT2D eigenvalue weighted by Crippen LogP contribution is 2.29. The van der Waals surface area contributed by atoms with Crippen molar-refractivity contribution in [2.45, 2.75) is 10.8 Å². The van der Waals surface area contributed by atoms with Crippen LogP contribution in [0.15, 0.2) is 52.9 Å². The van der Waals surface area contributed by atoms with Crippen LogP contribution in [0, 0.1) is 0 Å². The van der Waals surface area contributed by atoms with E-state index in [9.17, 15) is 9.59 Å². The molecule has 0 spiro atoms. The molecule has 27 heavy (non-hydrogen) atoms. The van der Waals surface area contributed by atoms with Crippen molar-refractivity contribution in [3.63, 3.8) is 0 Å². The van der Waals surface area contributed by atoms with Gasteiger partial charge in [0.1, 0.15) is 5.75 Å². The number of para-hydroxylation sites is 3. The normalized spacial score (nSPS) is 10.6. The summed E-state index contributed by atoms with van der Waals surface area (Å²) in [6.45, 7) is -0.331. The monoisotopic (exact) mass is 402 g/mol. The molecule has 0 radical (unpaired) electrons. The molecule has 1 N–H and O–H groups in total. The van der Waals surface area contributed by atoms with Crippen molar-refractivity contribution in [3.8, 4) is 5.75 Å². The summed E-state index contributed by atoms with van der Waals surface area (Å²) < 4.78 is 12.2. The Labute approximate surface area is 164 Å². The van der Waals surface area contributed by atoms with Gasteiger partial charge in [-0.1, -0.05) is 36.0 Å². The standard InChI is InChI=1S/C19H18N2O4S2/c1-24-15-8-4-2-6-13(15)20-17(22)12-25-18(23)10-11-26-19-21-14-7-3-5-9-16(14)27-19/h2-9H,10-12H2,1H3,(H,20,22). The molecule has 6 nitrogen and oxygen atoms in total. The van der Waals surface area contributed by atoms with Crippen LogP contribution in [0.4, 0.5) is 5.69 Å². The molecule has 0 saturated heterocycles. The van der Waals surface area contributed by atoms with Crippen molar-refractivity contribution in [3.05, 3.63) is 48.5 Å². The van der Waals surface area contributed by atoms with E-state index in [1.54, 1.807) is 35.6 Å². The molecule has 0 atom stereocenters. The van der Waals surface area contributed by atoms with E-state index in [4.69, 9.17) is 9.47 Å². The number of thiazole rings is 1. The number of esters is 1. The maximum atomic E-state index is 11.9. The van der Waals surface area contributed by atoms with Crippen LogP contribution in [0.25, 0.3) is 10.2 Å². The van der Waals surface area contributed by atoms with E-state index in [-0.39, 0.29) is 13.0 Å². The number of carbonyl (C=O) groups is 2. The van der Waals surface area contributed by atoms with Gasteiger partial charge in [-0.05, 0) is 24.3 Å². The number of nitrogens with zero attached hydrogens (tertiary/aromatic N) is 1. The van der Waals surface area contributed by atoms with Gasteiger partial charge in [0.2, 0.25) is 0 Å². The predicted molar refractivity (Wildman–Crippen MR) is 108 cm³/mol. The van der Waals surface area contributed by atoms with Crippen molar-refractivity contribution in [2.75, 3.05) is 24.8 Å². The van der Waals surface area contributed by atoms with Crippen LogP contribution in [0.5, 0.6) is 5.75 Å². The molecule has 0 fully saturated rings. The molecule has 0 saturated carbocycles. The van der Waals surface area contributed by atoms with Gasteiger partial charge in [0, 0.05) is 5.75 Å². The SMILES string of the molecule is COc1ccccc1NC(=O)COC(=O)CCSc1nc2ccccc2s1. The molecule has 1 aromatic heterocycles. The minimum absolute atomic E-state index is 0.211. The number of fused-ring (bicyclic) bond motifs is 1. The van der Waals surface area contributed by atoms with Gasteiger partial charge in [-0.2, -0.15) is 0 Å². The number of anilines is 1. The van der Waals surface area contributed by atoms with Crippen LogP contribution in [-0.2, 0) is 14.3 Å². The first kappa shape index (κ1) is 19.2. The molecular formula is C19H18N2O4S2. The van der Waals surface area contributed by atoms with Gasteiger partial charge < -0.3 is 14.8 Å². The Morgan fingerprint density at radius 2 is 1.93 bits per heavy atom. The van der Waals surface area contributed by atoms with E-state index in [0.717, 1.165) is 14.6 Å². The molecule has 0 aliphatic heterocycles. The Bertz CT molecular complexity index is 909. The van der Waals surface area contributed by atoms with Crippen molar-refractivity contribution in [2.24, 2.45) is 0 Å². The number of rotatable bonds is 8. The molecule has 140 valence electrons. The van der Waals surface area contributed by atoms with Gasteiger partial charge in [0.15, 0.2) is 10.9 Å². The van der Waals surface area contributed by atoms with E-state index in [2.05, 4.69) is 10.3 Å². The van der Waals surface area contributed by atoms with Crippen molar-refractivity contribution in [1.29, 1.82) is 0 Å². The van der Waals surface area contributed by atoms with Crippen LogP contribution >= 0.6 is 23.1 Å². The third-order valence-corrected chi connectivity index (χ3v) is 5.73. The molecule has 8 heteroatoms. The van der Waals surface area contributed by atoms with Gasteiger partial charge in [-0.25, -0.2) is 4.98 Å². The van der Waals surface area contributed by atoms with E-state index < -0.39 is 11.9 Å². The lowest BCUT2D eigenvalue weighted by Gasteiger charge is -2.10. The Morgan fingerprint density at radius 1 is 1.15 bits per heavy atom. The number of hydrogen-bond acceptors (Lipinski definition) is 7. The topological polar surface area (TPSA) is 77.5 Å². The lowest BCUT2D eigenvalue weighted by atomic mass is 10.3. The van der Waals surface area contributed by atoms with Crippen LogP contribution in [0.1, 0.15) is 6.42 Å². The summed E-state index contributed by atoms with van der Waals surface area (Å²) in [5.41, 5.74) is 1.49. The second-order valence-corrected chi connectivity index (χ2v) is 7.83. The van der Waals surface area contributed by atoms with Crippen LogP contribution < -0.4 is 10.1 Å². The number of methoxy groups -OCH3 is 1. The first-order chi connectivity index (χ1) is 13.2. The minimum Gasteiger partial charge on any atom is -0.495 e. The summed E-state index contributed by atoms with van der Waals surface area (Å²) in [5.74, 6) is 0.266. The molecule has 1 amide bonds. The zero-order valence-electron chi connectivity index (χ0n) is 14.6. The molecule has 3 aromatic rings. The Kier molecular flexibility index (Phi) is 6.67. The van der Waals surface area contributed by atoms with Crippen LogP contribution in [0.2, 0.25) is 0 Å². The van der Waals surface area contributed by atoms with Gasteiger partial charge in [0.25, 0.3) is 5.91 Å². The molecule has 0 aliphatic carbocycles. The number of carbonyl (C=O) groups excluding carboxylic acids is 2. The third kappa shape index (κ3) is 5.45. The lowest BCUT2D eigenvalue weighted by molar-refractivity contribution is -0.146. The van der Waals surface area contributed by atoms with Gasteiger partial charge in [-0.15, -0.1) is 11.3 Å². The highest BCUT2D eigenvalue weighted by atomic mass is 32.2. The average Bonchev–Trinajstić information content (AvgIpc) is 3.09. The molecule has 3 rings (SSSR count). The highest BCUT2D eigenvalue weighted by Gasteiger charge is 2.11. The van der Waals surface area contributed by atoms with E-state index in [1.807, 2.05) is 24.3 Å². The first-order valence-corrected chi connectivity index (χ1v) is 10.0. The van der Waals surface area contributed by atoms with E-state index in [1.165, 1.54) is 18.9 Å². The summed E-state index contributed by atoms with van der Waals surface area (Å²) in [4.78, 5) is 28.3.